The second kappa shape index (κ2) is 18.6. The summed E-state index contributed by atoms with van der Waals surface area (Å²) in [6.07, 6.45) is 1.63. The molecule has 15 heteroatoms. The molecule has 0 heterocycles. The van der Waals surface area contributed by atoms with Gasteiger partial charge < -0.3 is 34.6 Å². The van der Waals surface area contributed by atoms with E-state index >= 15 is 0 Å². The molecule has 0 saturated heterocycles. The lowest BCUT2D eigenvalue weighted by Gasteiger charge is -2.05. The fraction of sp³-hybridized carbons (Fsp3) is 0.214. The molecule has 228 valence electrons. The van der Waals surface area contributed by atoms with E-state index in [1.807, 2.05) is 0 Å². The third-order valence-electron chi connectivity index (χ3n) is 4.84. The zero-order valence-electron chi connectivity index (χ0n) is 22.3. The van der Waals surface area contributed by atoms with Gasteiger partial charge in [0.15, 0.2) is 0 Å². The van der Waals surface area contributed by atoms with Crippen LogP contribution in [0, 0.1) is 0 Å². The monoisotopic (exact) mass is 602 g/mol. The van der Waals surface area contributed by atoms with Gasteiger partial charge in [0.05, 0.1) is 41.7 Å². The fourth-order valence-corrected chi connectivity index (χ4v) is 2.70. The first-order valence-corrected chi connectivity index (χ1v) is 12.2. The molecule has 4 N–H and O–H groups in total. The maximum atomic E-state index is 11.8. The molecular formula is C28H26O15. The number of aromatic carboxylic acids is 2. The number of aliphatic hydroxyl groups is 1. The first kappa shape index (κ1) is 35.3. The minimum absolute atomic E-state index is 0.0529. The number of rotatable bonds is 13. The van der Waals surface area contributed by atoms with Crippen LogP contribution in [0.3, 0.4) is 0 Å². The molecule has 0 bridgehead atoms. The lowest BCUT2D eigenvalue weighted by atomic mass is 10.1. The second-order valence-corrected chi connectivity index (χ2v) is 8.06. The topological polar surface area (TPSA) is 245 Å². The van der Waals surface area contributed by atoms with E-state index in [0.717, 1.165) is 30.3 Å². The van der Waals surface area contributed by atoms with Crippen LogP contribution in [0.4, 0.5) is 0 Å². The first-order chi connectivity index (χ1) is 20.3. The van der Waals surface area contributed by atoms with Crippen LogP contribution in [0.25, 0.3) is 0 Å². The highest BCUT2D eigenvalue weighted by Crippen LogP contribution is 2.09. The number of carbonyl (C=O) groups excluding carboxylic acids is 5. The van der Waals surface area contributed by atoms with Crippen LogP contribution in [0.15, 0.2) is 60.7 Å². The van der Waals surface area contributed by atoms with Crippen LogP contribution in [-0.2, 0) is 33.4 Å². The summed E-state index contributed by atoms with van der Waals surface area (Å²) in [5, 5.41) is 34.1. The zero-order valence-corrected chi connectivity index (χ0v) is 22.3. The van der Waals surface area contributed by atoms with E-state index in [1.165, 1.54) is 24.3 Å². The van der Waals surface area contributed by atoms with Crippen LogP contribution in [0.2, 0.25) is 0 Å². The van der Waals surface area contributed by atoms with Gasteiger partial charge in [0, 0.05) is 18.8 Å². The number of carboxylic acids is 3. The SMILES string of the molecule is O=C(CCC(=O)OC(=O)c1ccc(C(=O)O)cc1)OC(=O)c1ccc(C(=O)O)cc1.O=C(O)/C=C\C(=O)OCCCCO. The number of unbranched alkanes of at least 4 members (excludes halogenated alkanes) is 1. The molecule has 0 radical (unpaired) electrons. The Morgan fingerprint density at radius 2 is 0.977 bits per heavy atom. The van der Waals surface area contributed by atoms with Crippen LogP contribution < -0.4 is 0 Å². The average molecular weight is 603 g/mol. The van der Waals surface area contributed by atoms with Gasteiger partial charge >= 0.3 is 47.8 Å². The summed E-state index contributed by atoms with van der Waals surface area (Å²) in [6.45, 7) is 0.256. The molecule has 15 nitrogen and oxygen atoms in total. The summed E-state index contributed by atoms with van der Waals surface area (Å²) in [4.78, 5) is 89.1. The Balaban J connectivity index is 0.000000599. The molecule has 2 aromatic rings. The molecule has 0 fully saturated rings. The number of carboxylic acid groups (broad SMARTS) is 3. The minimum Gasteiger partial charge on any atom is -0.478 e. The second-order valence-electron chi connectivity index (χ2n) is 8.06. The van der Waals surface area contributed by atoms with Gasteiger partial charge in [-0.1, -0.05) is 0 Å². The highest BCUT2D eigenvalue weighted by atomic mass is 16.6. The van der Waals surface area contributed by atoms with Crippen molar-refractivity contribution >= 4 is 47.8 Å². The Hall–Kier alpha value is -5.70. The zero-order chi connectivity index (χ0) is 32.4. The molecule has 0 aliphatic heterocycles. The third-order valence-corrected chi connectivity index (χ3v) is 4.84. The number of hydrogen-bond acceptors (Lipinski definition) is 12. The molecule has 0 atom stereocenters. The maximum absolute atomic E-state index is 11.8. The predicted molar refractivity (Wildman–Crippen MR) is 141 cm³/mol. The van der Waals surface area contributed by atoms with Crippen LogP contribution in [0.1, 0.15) is 67.1 Å². The maximum Gasteiger partial charge on any atom is 0.345 e. The molecule has 0 aliphatic carbocycles. The molecule has 0 saturated carbocycles. The lowest BCUT2D eigenvalue weighted by Crippen LogP contribution is -2.17. The molecular weight excluding hydrogens is 576 g/mol. The molecule has 0 spiro atoms. The Morgan fingerprint density at radius 1 is 0.581 bits per heavy atom. The van der Waals surface area contributed by atoms with E-state index in [-0.39, 0.29) is 35.5 Å². The van der Waals surface area contributed by atoms with E-state index < -0.39 is 60.6 Å². The molecule has 0 unspecified atom stereocenters. The standard InChI is InChI=1S/C20H14O10.C8H12O5/c21-15(29-19(27)13-5-1-11(2-6-13)17(23)24)9-10-16(22)30-20(28)14-7-3-12(4-8-14)18(25)26;9-5-1-2-6-13-8(12)4-3-7(10)11/h1-8H,9-10H2,(H,23,24)(H,25,26);3-4,9H,1-2,5-6H2,(H,10,11)/b;4-3-. The average Bonchev–Trinajstić information content (AvgIpc) is 2.97. The number of aliphatic carboxylic acids is 1. The molecule has 43 heavy (non-hydrogen) atoms. The largest absolute Gasteiger partial charge is 0.478 e. The van der Waals surface area contributed by atoms with Crippen molar-refractivity contribution in [2.75, 3.05) is 13.2 Å². The number of hydrogen-bond donors (Lipinski definition) is 4. The van der Waals surface area contributed by atoms with Crippen molar-refractivity contribution in [3.63, 3.8) is 0 Å². The molecule has 0 amide bonds. The number of esters is 5. The Labute approximate surface area is 242 Å². The summed E-state index contributed by atoms with van der Waals surface area (Å²) < 4.78 is 13.7. The fourth-order valence-electron chi connectivity index (χ4n) is 2.70. The van der Waals surface area contributed by atoms with Crippen LogP contribution in [0.5, 0.6) is 0 Å². The summed E-state index contributed by atoms with van der Waals surface area (Å²) in [7, 11) is 0. The Bertz CT molecular complexity index is 1270. The Kier molecular flexibility index (Phi) is 15.3. The summed E-state index contributed by atoms with van der Waals surface area (Å²) in [5.74, 6) is -8.38. The van der Waals surface area contributed by atoms with Gasteiger partial charge in [-0.3, -0.25) is 9.59 Å². The van der Waals surface area contributed by atoms with Crippen LogP contribution >= 0.6 is 0 Å². The highest BCUT2D eigenvalue weighted by Gasteiger charge is 2.18. The van der Waals surface area contributed by atoms with Crippen molar-refractivity contribution in [2.45, 2.75) is 25.7 Å². The number of benzene rings is 2. The minimum atomic E-state index is -1.19. The molecule has 0 aliphatic rings. The van der Waals surface area contributed by atoms with Gasteiger partial charge in [0.2, 0.25) is 0 Å². The van der Waals surface area contributed by atoms with Crippen molar-refractivity contribution in [1.82, 2.24) is 0 Å². The molecule has 2 rings (SSSR count). The number of carbonyl (C=O) groups is 8. The summed E-state index contributed by atoms with van der Waals surface area (Å²) >= 11 is 0. The van der Waals surface area contributed by atoms with Gasteiger partial charge in [-0.05, 0) is 61.4 Å². The van der Waals surface area contributed by atoms with Crippen LogP contribution in [-0.4, -0.2) is 81.4 Å². The third kappa shape index (κ3) is 14.5. The van der Waals surface area contributed by atoms with E-state index in [9.17, 15) is 38.4 Å². The number of ether oxygens (including phenoxy) is 3. The number of aliphatic hydroxyl groups excluding tert-OH is 1. The smallest absolute Gasteiger partial charge is 0.345 e. The van der Waals surface area contributed by atoms with E-state index in [1.54, 1.807) is 0 Å². The first-order valence-electron chi connectivity index (χ1n) is 12.2. The Morgan fingerprint density at radius 3 is 1.33 bits per heavy atom. The predicted octanol–water partition coefficient (Wildman–Crippen LogP) is 1.87. The van der Waals surface area contributed by atoms with Gasteiger partial charge in [0.1, 0.15) is 0 Å². The van der Waals surface area contributed by atoms with Gasteiger partial charge in [0.25, 0.3) is 0 Å². The highest BCUT2D eigenvalue weighted by molar-refractivity contribution is 6.00. The quantitative estimate of drug-likeness (QED) is 0.0840. The lowest BCUT2D eigenvalue weighted by molar-refractivity contribution is -0.144. The van der Waals surface area contributed by atoms with Crippen molar-refractivity contribution in [3.8, 4) is 0 Å². The van der Waals surface area contributed by atoms with E-state index in [2.05, 4.69) is 14.2 Å². The van der Waals surface area contributed by atoms with Crippen molar-refractivity contribution < 1.29 is 73.0 Å². The molecule has 0 aromatic heterocycles. The van der Waals surface area contributed by atoms with E-state index in [4.69, 9.17) is 20.4 Å². The molecule has 2 aromatic carbocycles. The van der Waals surface area contributed by atoms with Crippen molar-refractivity contribution in [3.05, 3.63) is 82.9 Å². The van der Waals surface area contributed by atoms with Crippen molar-refractivity contribution in [2.24, 2.45) is 0 Å². The van der Waals surface area contributed by atoms with Gasteiger partial charge in [-0.2, -0.15) is 0 Å². The van der Waals surface area contributed by atoms with Gasteiger partial charge in [-0.15, -0.1) is 0 Å². The normalized spacial score (nSPS) is 10.1. The summed E-state index contributed by atoms with van der Waals surface area (Å²) in [5.41, 5.74) is -0.224. The van der Waals surface area contributed by atoms with Crippen molar-refractivity contribution in [1.29, 1.82) is 0 Å². The van der Waals surface area contributed by atoms with E-state index in [0.29, 0.717) is 18.9 Å². The van der Waals surface area contributed by atoms with Gasteiger partial charge in [-0.25, -0.2) is 28.8 Å². The summed E-state index contributed by atoms with van der Waals surface area (Å²) in [6, 6.07) is 9.32.